The van der Waals surface area contributed by atoms with Gasteiger partial charge >= 0.3 is 0 Å². The van der Waals surface area contributed by atoms with Gasteiger partial charge in [0.25, 0.3) is 0 Å². The molecular formula is C10H11Cl2N3S. The van der Waals surface area contributed by atoms with E-state index in [0.717, 1.165) is 10.7 Å². The molecule has 0 aliphatic heterocycles. The number of nitrogens with zero attached hydrogens (tertiary/aromatic N) is 2. The molecule has 0 atom stereocenters. The third kappa shape index (κ3) is 2.24. The van der Waals surface area contributed by atoms with Crippen LogP contribution in [0.3, 0.4) is 0 Å². The van der Waals surface area contributed by atoms with Gasteiger partial charge in [-0.15, -0.1) is 11.3 Å². The molecule has 0 amide bonds. The molecule has 86 valence electrons. The topological polar surface area (TPSA) is 41.6 Å². The monoisotopic (exact) mass is 275 g/mol. The first kappa shape index (κ1) is 11.9. The summed E-state index contributed by atoms with van der Waals surface area (Å²) in [4.78, 5) is 11.5. The van der Waals surface area contributed by atoms with Crippen molar-refractivity contribution in [3.05, 3.63) is 21.4 Å². The maximum absolute atomic E-state index is 5.80. The summed E-state index contributed by atoms with van der Waals surface area (Å²) >= 11 is 13.1. The number of hydrogen-bond donors (Lipinski definition) is 1. The Balaban J connectivity index is 2.39. The summed E-state index contributed by atoms with van der Waals surface area (Å²) < 4.78 is 0. The van der Waals surface area contributed by atoms with E-state index in [0.29, 0.717) is 11.0 Å². The van der Waals surface area contributed by atoms with Gasteiger partial charge in [0.2, 0.25) is 0 Å². The van der Waals surface area contributed by atoms with Gasteiger partial charge in [0.05, 0.1) is 5.69 Å². The van der Waals surface area contributed by atoms with E-state index in [4.69, 9.17) is 23.2 Å². The second kappa shape index (κ2) is 4.02. The Morgan fingerprint density at radius 2 is 1.94 bits per heavy atom. The largest absolute Gasteiger partial charge is 0.326 e. The SMILES string of the molecule is CC(C)(C)c1csc(-c2nc(Cl)c(Cl)[nH]2)n1. The first-order chi connectivity index (χ1) is 7.38. The van der Waals surface area contributed by atoms with Crippen molar-refractivity contribution < 1.29 is 0 Å². The number of nitrogens with one attached hydrogen (secondary N) is 1. The van der Waals surface area contributed by atoms with Crippen molar-refractivity contribution in [2.75, 3.05) is 0 Å². The van der Waals surface area contributed by atoms with Gasteiger partial charge < -0.3 is 4.98 Å². The average Bonchev–Trinajstić information content (AvgIpc) is 2.73. The lowest BCUT2D eigenvalue weighted by atomic mass is 9.93. The van der Waals surface area contributed by atoms with Gasteiger partial charge in [-0.25, -0.2) is 9.97 Å². The van der Waals surface area contributed by atoms with Crippen LogP contribution in [0, 0.1) is 0 Å². The van der Waals surface area contributed by atoms with Gasteiger partial charge in [-0.2, -0.15) is 0 Å². The number of aromatic nitrogens is 3. The Morgan fingerprint density at radius 1 is 1.25 bits per heavy atom. The van der Waals surface area contributed by atoms with Crippen molar-refractivity contribution in [2.24, 2.45) is 0 Å². The molecule has 0 bridgehead atoms. The third-order valence-electron chi connectivity index (χ3n) is 2.09. The Kier molecular flexibility index (Phi) is 2.99. The summed E-state index contributed by atoms with van der Waals surface area (Å²) in [6, 6.07) is 0. The Bertz CT molecular complexity index is 491. The highest BCUT2D eigenvalue weighted by Crippen LogP contribution is 2.30. The van der Waals surface area contributed by atoms with Crippen molar-refractivity contribution in [3.8, 4) is 10.8 Å². The molecule has 1 N–H and O–H groups in total. The van der Waals surface area contributed by atoms with Crippen molar-refractivity contribution >= 4 is 34.5 Å². The Hall–Kier alpha value is -0.580. The fourth-order valence-corrected chi connectivity index (χ4v) is 2.41. The summed E-state index contributed by atoms with van der Waals surface area (Å²) in [7, 11) is 0. The zero-order valence-electron chi connectivity index (χ0n) is 9.14. The molecule has 16 heavy (non-hydrogen) atoms. The van der Waals surface area contributed by atoms with Gasteiger partial charge in [-0.05, 0) is 0 Å². The number of imidazole rings is 1. The molecule has 2 rings (SSSR count). The molecular weight excluding hydrogens is 265 g/mol. The van der Waals surface area contributed by atoms with Gasteiger partial charge in [0.15, 0.2) is 16.0 Å². The van der Waals surface area contributed by atoms with Crippen LogP contribution in [0.1, 0.15) is 26.5 Å². The summed E-state index contributed by atoms with van der Waals surface area (Å²) in [6.45, 7) is 6.36. The van der Waals surface area contributed by atoms with Gasteiger partial charge in [-0.3, -0.25) is 0 Å². The number of hydrogen-bond acceptors (Lipinski definition) is 3. The van der Waals surface area contributed by atoms with E-state index < -0.39 is 0 Å². The van der Waals surface area contributed by atoms with Crippen LogP contribution >= 0.6 is 34.5 Å². The number of aromatic amines is 1. The van der Waals surface area contributed by atoms with Crippen LogP contribution in [0.2, 0.25) is 10.3 Å². The van der Waals surface area contributed by atoms with Gasteiger partial charge in [-0.1, -0.05) is 44.0 Å². The molecule has 2 aromatic heterocycles. The van der Waals surface area contributed by atoms with Crippen LogP contribution in [0.15, 0.2) is 5.38 Å². The predicted molar refractivity (Wildman–Crippen MR) is 68.4 cm³/mol. The van der Waals surface area contributed by atoms with E-state index in [1.54, 1.807) is 0 Å². The van der Waals surface area contributed by atoms with E-state index in [1.165, 1.54) is 11.3 Å². The molecule has 0 spiro atoms. The molecule has 2 aromatic rings. The zero-order valence-corrected chi connectivity index (χ0v) is 11.5. The molecule has 0 radical (unpaired) electrons. The molecule has 0 saturated carbocycles. The minimum Gasteiger partial charge on any atom is -0.326 e. The van der Waals surface area contributed by atoms with Crippen molar-refractivity contribution in [1.82, 2.24) is 15.0 Å². The summed E-state index contributed by atoms with van der Waals surface area (Å²) in [6.07, 6.45) is 0. The number of H-pyrrole nitrogens is 1. The molecule has 0 fully saturated rings. The minimum atomic E-state index is 0.0366. The smallest absolute Gasteiger partial charge is 0.169 e. The lowest BCUT2D eigenvalue weighted by molar-refractivity contribution is 0.573. The Labute approximate surface area is 108 Å². The molecule has 0 unspecified atom stereocenters. The highest BCUT2D eigenvalue weighted by Gasteiger charge is 2.19. The van der Waals surface area contributed by atoms with Crippen LogP contribution in [0.4, 0.5) is 0 Å². The number of thiazole rings is 1. The highest BCUT2D eigenvalue weighted by atomic mass is 35.5. The van der Waals surface area contributed by atoms with Crippen LogP contribution in [-0.2, 0) is 5.41 Å². The lowest BCUT2D eigenvalue weighted by Gasteiger charge is -2.13. The summed E-state index contributed by atoms with van der Waals surface area (Å²) in [5.74, 6) is 0.621. The second-order valence-corrected chi connectivity index (χ2v) is 6.07. The fraction of sp³-hybridized carbons (Fsp3) is 0.400. The second-order valence-electron chi connectivity index (χ2n) is 4.48. The van der Waals surface area contributed by atoms with Crippen molar-refractivity contribution in [3.63, 3.8) is 0 Å². The van der Waals surface area contributed by atoms with E-state index in [-0.39, 0.29) is 10.6 Å². The molecule has 2 heterocycles. The quantitative estimate of drug-likeness (QED) is 0.850. The Morgan fingerprint density at radius 3 is 2.38 bits per heavy atom. The molecule has 0 aliphatic rings. The number of rotatable bonds is 1. The maximum atomic E-state index is 5.80. The molecule has 6 heteroatoms. The van der Waals surface area contributed by atoms with E-state index in [2.05, 4.69) is 35.7 Å². The summed E-state index contributed by atoms with van der Waals surface area (Å²) in [5, 5.41) is 3.46. The minimum absolute atomic E-state index is 0.0366. The summed E-state index contributed by atoms with van der Waals surface area (Å²) in [5.41, 5.74) is 1.07. The first-order valence-corrected chi connectivity index (χ1v) is 6.39. The zero-order chi connectivity index (χ0) is 11.9. The van der Waals surface area contributed by atoms with E-state index in [1.807, 2.05) is 5.38 Å². The molecule has 3 nitrogen and oxygen atoms in total. The molecule has 0 aliphatic carbocycles. The molecule has 0 aromatic carbocycles. The van der Waals surface area contributed by atoms with Crippen LogP contribution in [0.25, 0.3) is 10.8 Å². The van der Waals surface area contributed by atoms with E-state index >= 15 is 0 Å². The van der Waals surface area contributed by atoms with Crippen molar-refractivity contribution in [2.45, 2.75) is 26.2 Å². The van der Waals surface area contributed by atoms with Crippen LogP contribution in [-0.4, -0.2) is 15.0 Å². The maximum Gasteiger partial charge on any atom is 0.169 e. The first-order valence-electron chi connectivity index (χ1n) is 4.75. The third-order valence-corrected chi connectivity index (χ3v) is 3.59. The van der Waals surface area contributed by atoms with E-state index in [9.17, 15) is 0 Å². The number of halogens is 2. The van der Waals surface area contributed by atoms with Gasteiger partial charge in [0.1, 0.15) is 5.15 Å². The normalized spacial score (nSPS) is 12.1. The van der Waals surface area contributed by atoms with Gasteiger partial charge in [0, 0.05) is 10.8 Å². The lowest BCUT2D eigenvalue weighted by Crippen LogP contribution is -2.11. The average molecular weight is 276 g/mol. The molecule has 0 saturated heterocycles. The fourth-order valence-electron chi connectivity index (χ4n) is 1.16. The van der Waals surface area contributed by atoms with Crippen LogP contribution < -0.4 is 0 Å². The van der Waals surface area contributed by atoms with Crippen molar-refractivity contribution in [1.29, 1.82) is 0 Å². The standard InChI is InChI=1S/C10H11Cl2N3S/c1-10(2,3)5-4-16-9(13-5)8-14-6(11)7(12)15-8/h4H,1-3H3,(H,14,15). The highest BCUT2D eigenvalue weighted by molar-refractivity contribution is 7.13. The predicted octanol–water partition coefficient (Wildman–Crippen LogP) is 4.14. The van der Waals surface area contributed by atoms with Crippen LogP contribution in [0.5, 0.6) is 0 Å².